The molecule has 0 bridgehead atoms. The van der Waals surface area contributed by atoms with Gasteiger partial charge in [0.05, 0.1) is 24.2 Å². The lowest BCUT2D eigenvalue weighted by Gasteiger charge is -2.17. The number of nitrogens with zero attached hydrogens (tertiary/aromatic N) is 2. The van der Waals surface area contributed by atoms with Crippen LogP contribution in [0.5, 0.6) is 5.75 Å². The molecule has 1 aromatic carbocycles. The maximum atomic E-state index is 13.3. The smallest absolute Gasteiger partial charge is 0.340 e. The van der Waals surface area contributed by atoms with Crippen LogP contribution in [0, 0.1) is 0 Å². The molecule has 3 heterocycles. The van der Waals surface area contributed by atoms with Crippen LogP contribution >= 0.6 is 0 Å². The Labute approximate surface area is 199 Å². The number of carbonyl (C=O) groups is 1. The number of fused-ring (bicyclic) bond motifs is 1. The summed E-state index contributed by atoms with van der Waals surface area (Å²) in [7, 11) is -3.65. The number of esters is 1. The van der Waals surface area contributed by atoms with Gasteiger partial charge in [-0.1, -0.05) is 0 Å². The van der Waals surface area contributed by atoms with Gasteiger partial charge in [-0.25, -0.2) is 13.2 Å². The van der Waals surface area contributed by atoms with Crippen LogP contribution in [0.4, 0.5) is 0 Å². The topological polar surface area (TPSA) is 102 Å². The van der Waals surface area contributed by atoms with Crippen LogP contribution in [0.3, 0.4) is 0 Å². The van der Waals surface area contributed by atoms with Gasteiger partial charge >= 0.3 is 5.97 Å². The Bertz CT molecular complexity index is 1300. The quantitative estimate of drug-likeness (QED) is 0.453. The fraction of sp³-hybridized carbons (Fsp3) is 0.480. The normalized spacial score (nSPS) is 17.0. The zero-order chi connectivity index (χ0) is 23.9. The van der Waals surface area contributed by atoms with E-state index in [1.54, 1.807) is 31.2 Å². The largest absolute Gasteiger partial charge is 0.508 e. The molecule has 1 saturated heterocycles. The van der Waals surface area contributed by atoms with Crippen LogP contribution in [0.2, 0.25) is 0 Å². The third-order valence-electron chi connectivity index (χ3n) is 6.63. The Kier molecular flexibility index (Phi) is 6.16. The minimum absolute atomic E-state index is 0.114. The van der Waals surface area contributed by atoms with Crippen molar-refractivity contribution >= 4 is 26.7 Å². The molecule has 0 radical (unpaired) electrons. The molecule has 2 aliphatic rings. The number of aromatic hydroxyl groups is 1. The maximum absolute atomic E-state index is 13.3. The molecule has 0 spiro atoms. The van der Waals surface area contributed by atoms with Gasteiger partial charge in [-0.3, -0.25) is 4.90 Å². The highest BCUT2D eigenvalue weighted by atomic mass is 32.2. The molecular formula is C25H30N2O6S. The van der Waals surface area contributed by atoms with E-state index in [9.17, 15) is 18.3 Å². The van der Waals surface area contributed by atoms with Crippen molar-refractivity contribution in [3.05, 3.63) is 53.1 Å². The number of carbonyl (C=O) groups excluding carboxylic acids is 1. The Morgan fingerprint density at radius 1 is 1.18 bits per heavy atom. The first-order valence-electron chi connectivity index (χ1n) is 11.9. The number of rotatable bonds is 9. The zero-order valence-electron chi connectivity index (χ0n) is 19.3. The van der Waals surface area contributed by atoms with Gasteiger partial charge in [0.15, 0.2) is 9.84 Å². The molecule has 3 aromatic rings. The maximum Gasteiger partial charge on any atom is 0.340 e. The number of hydrogen-bond donors (Lipinski definition) is 1. The van der Waals surface area contributed by atoms with Gasteiger partial charge in [-0.15, -0.1) is 0 Å². The van der Waals surface area contributed by atoms with E-state index in [1.807, 2.05) is 4.57 Å². The minimum atomic E-state index is -3.65. The van der Waals surface area contributed by atoms with Crippen molar-refractivity contribution in [2.24, 2.45) is 0 Å². The van der Waals surface area contributed by atoms with E-state index in [0.29, 0.717) is 28.9 Å². The van der Waals surface area contributed by atoms with Crippen molar-refractivity contribution in [3.8, 4) is 5.75 Å². The number of benzene rings is 1. The summed E-state index contributed by atoms with van der Waals surface area (Å²) in [5.74, 6) is -0.637. The summed E-state index contributed by atoms with van der Waals surface area (Å²) in [6.45, 7) is 4.27. The van der Waals surface area contributed by atoms with Crippen LogP contribution in [0.1, 0.15) is 66.0 Å². The number of ether oxygens (including phenoxy) is 1. The van der Waals surface area contributed by atoms with Crippen molar-refractivity contribution in [3.63, 3.8) is 0 Å². The van der Waals surface area contributed by atoms with E-state index >= 15 is 0 Å². The molecule has 182 valence electrons. The van der Waals surface area contributed by atoms with Crippen LogP contribution in [-0.2, 0) is 32.6 Å². The van der Waals surface area contributed by atoms with E-state index in [-0.39, 0.29) is 35.5 Å². The molecule has 0 amide bonds. The number of aromatic nitrogens is 1. The first-order chi connectivity index (χ1) is 16.4. The summed E-state index contributed by atoms with van der Waals surface area (Å²) in [4.78, 5) is 15.6. The average Bonchev–Trinajstić information content (AvgIpc) is 3.15. The summed E-state index contributed by atoms with van der Waals surface area (Å²) in [6, 6.07) is 6.86. The fourth-order valence-electron chi connectivity index (χ4n) is 5.02. The first-order valence-corrected chi connectivity index (χ1v) is 13.7. The first kappa shape index (κ1) is 23.0. The number of likely N-dealkylation sites (tertiary alicyclic amines) is 1. The Morgan fingerprint density at radius 2 is 1.94 bits per heavy atom. The predicted octanol–water partition coefficient (Wildman–Crippen LogP) is 4.16. The average molecular weight is 487 g/mol. The Hall–Kier alpha value is -2.78. The van der Waals surface area contributed by atoms with E-state index in [2.05, 4.69) is 4.90 Å². The van der Waals surface area contributed by atoms with Gasteiger partial charge in [-0.05, 0) is 70.0 Å². The molecule has 2 fully saturated rings. The number of phenols is 1. The zero-order valence-corrected chi connectivity index (χ0v) is 20.1. The van der Waals surface area contributed by atoms with Gasteiger partial charge in [0.2, 0.25) is 0 Å². The van der Waals surface area contributed by atoms with Crippen molar-refractivity contribution < 1.29 is 27.5 Å². The molecule has 1 aliphatic heterocycles. The summed E-state index contributed by atoms with van der Waals surface area (Å²) in [6.07, 6.45) is 5.48. The van der Waals surface area contributed by atoms with E-state index in [1.165, 1.54) is 6.26 Å². The standard InChI is InChI=1S/C25H30N2O6S/c1-2-32-25(29)24-21(16-34(30,31)15-18-6-5-13-33-18)27(17-7-8-17)20-9-10-22(28)19(23(20)24)14-26-11-3-4-12-26/h5-6,9-10,13,17,28H,2-4,7-8,11-12,14-16H2,1H3. The molecule has 0 unspecified atom stereocenters. The van der Waals surface area contributed by atoms with Crippen LogP contribution in [-0.4, -0.2) is 48.7 Å². The summed E-state index contributed by atoms with van der Waals surface area (Å²) in [5, 5.41) is 11.5. The molecule has 8 nitrogen and oxygen atoms in total. The highest BCUT2D eigenvalue weighted by Gasteiger charge is 2.36. The molecule has 2 aromatic heterocycles. The van der Waals surface area contributed by atoms with Crippen molar-refractivity contribution in [1.82, 2.24) is 9.47 Å². The predicted molar refractivity (Wildman–Crippen MR) is 127 cm³/mol. The van der Waals surface area contributed by atoms with Crippen LogP contribution in [0.25, 0.3) is 10.9 Å². The van der Waals surface area contributed by atoms with Crippen molar-refractivity contribution in [2.45, 2.75) is 56.7 Å². The number of sulfone groups is 1. The van der Waals surface area contributed by atoms with Gasteiger partial charge < -0.3 is 18.8 Å². The van der Waals surface area contributed by atoms with Gasteiger partial charge in [0.1, 0.15) is 17.3 Å². The molecule has 9 heteroatoms. The van der Waals surface area contributed by atoms with Crippen LogP contribution < -0.4 is 0 Å². The fourth-order valence-corrected chi connectivity index (χ4v) is 6.42. The lowest BCUT2D eigenvalue weighted by Crippen LogP contribution is -2.19. The Balaban J connectivity index is 1.69. The van der Waals surface area contributed by atoms with Crippen LogP contribution in [0.15, 0.2) is 34.9 Å². The SMILES string of the molecule is CCOC(=O)c1c(CS(=O)(=O)Cc2ccco2)n(C2CC2)c2ccc(O)c(CN3CCCC3)c12. The lowest BCUT2D eigenvalue weighted by molar-refractivity contribution is 0.0527. The molecule has 34 heavy (non-hydrogen) atoms. The number of furan rings is 1. The van der Waals surface area contributed by atoms with Crippen molar-refractivity contribution in [1.29, 1.82) is 0 Å². The minimum Gasteiger partial charge on any atom is -0.508 e. The van der Waals surface area contributed by atoms with Gasteiger partial charge in [0, 0.05) is 34.7 Å². The molecule has 1 saturated carbocycles. The molecule has 5 rings (SSSR count). The molecule has 1 aliphatic carbocycles. The number of hydrogen-bond acceptors (Lipinski definition) is 7. The van der Waals surface area contributed by atoms with Gasteiger partial charge in [-0.2, -0.15) is 0 Å². The van der Waals surface area contributed by atoms with Crippen molar-refractivity contribution in [2.75, 3.05) is 19.7 Å². The summed E-state index contributed by atoms with van der Waals surface area (Å²) >= 11 is 0. The summed E-state index contributed by atoms with van der Waals surface area (Å²) < 4.78 is 39.1. The summed E-state index contributed by atoms with van der Waals surface area (Å²) in [5.41, 5.74) is 2.14. The third-order valence-corrected chi connectivity index (χ3v) is 8.06. The highest BCUT2D eigenvalue weighted by molar-refractivity contribution is 7.89. The molecule has 1 N–H and O–H groups in total. The lowest BCUT2D eigenvalue weighted by atomic mass is 10.0. The van der Waals surface area contributed by atoms with E-state index in [0.717, 1.165) is 44.3 Å². The Morgan fingerprint density at radius 3 is 2.59 bits per heavy atom. The number of phenolic OH excluding ortho intramolecular Hbond substituents is 1. The second-order valence-electron chi connectivity index (χ2n) is 9.20. The van der Waals surface area contributed by atoms with Gasteiger partial charge in [0.25, 0.3) is 0 Å². The monoisotopic (exact) mass is 486 g/mol. The highest BCUT2D eigenvalue weighted by Crippen LogP contribution is 2.44. The second kappa shape index (κ2) is 9.11. The third kappa shape index (κ3) is 4.46. The van der Waals surface area contributed by atoms with E-state index in [4.69, 9.17) is 9.15 Å². The van der Waals surface area contributed by atoms with E-state index < -0.39 is 15.8 Å². The second-order valence-corrected chi connectivity index (χ2v) is 11.3. The molecular weight excluding hydrogens is 456 g/mol. The molecule has 0 atom stereocenters.